The lowest BCUT2D eigenvalue weighted by Crippen LogP contribution is -2.07. The summed E-state index contributed by atoms with van der Waals surface area (Å²) in [4.78, 5) is 11.6. The molecule has 0 unspecified atom stereocenters. The minimum Gasteiger partial charge on any atom is -0.497 e. The van der Waals surface area contributed by atoms with E-state index in [2.05, 4.69) is 0 Å². The molecule has 0 spiro atoms. The van der Waals surface area contributed by atoms with Crippen molar-refractivity contribution in [3.8, 4) is 28.7 Å². The van der Waals surface area contributed by atoms with Gasteiger partial charge in [-0.05, 0) is 30.3 Å². The highest BCUT2D eigenvalue weighted by Gasteiger charge is 2.11. The number of benzene rings is 2. The maximum atomic E-state index is 11.6. The molecular formula is C20H24O7. The molecule has 2 aromatic rings. The topological polar surface area (TPSA) is 72.5 Å². The molecule has 0 saturated heterocycles. The highest BCUT2D eigenvalue weighted by molar-refractivity contribution is 5.90. The molecule has 0 bridgehead atoms. The first kappa shape index (κ1) is 20.2. The van der Waals surface area contributed by atoms with E-state index in [0.29, 0.717) is 53.9 Å². The van der Waals surface area contributed by atoms with E-state index in [0.717, 1.165) is 0 Å². The van der Waals surface area contributed by atoms with E-state index in [-0.39, 0.29) is 0 Å². The van der Waals surface area contributed by atoms with Gasteiger partial charge in [0.2, 0.25) is 0 Å². The molecule has 0 aliphatic heterocycles. The molecule has 0 heterocycles. The van der Waals surface area contributed by atoms with Crippen molar-refractivity contribution < 1.29 is 33.2 Å². The summed E-state index contributed by atoms with van der Waals surface area (Å²) >= 11 is 0. The number of carbonyl (C=O) groups excluding carboxylic acids is 1. The second kappa shape index (κ2) is 10.2. The zero-order chi connectivity index (χ0) is 19.6. The first-order chi connectivity index (χ1) is 13.1. The van der Waals surface area contributed by atoms with E-state index in [9.17, 15) is 4.79 Å². The first-order valence-corrected chi connectivity index (χ1v) is 8.37. The van der Waals surface area contributed by atoms with Crippen LogP contribution < -0.4 is 23.7 Å². The molecule has 7 nitrogen and oxygen atoms in total. The largest absolute Gasteiger partial charge is 0.497 e. The molecule has 2 rings (SSSR count). The zero-order valence-corrected chi connectivity index (χ0v) is 15.9. The molecule has 0 amide bonds. The van der Waals surface area contributed by atoms with Crippen LogP contribution in [-0.2, 0) is 4.74 Å². The number of hydrogen-bond donors (Lipinski definition) is 0. The number of rotatable bonds is 10. The lowest BCUT2D eigenvalue weighted by Gasteiger charge is -2.13. The van der Waals surface area contributed by atoms with Crippen molar-refractivity contribution in [1.82, 2.24) is 0 Å². The highest BCUT2D eigenvalue weighted by Crippen LogP contribution is 2.31. The minimum atomic E-state index is -0.429. The molecule has 2 aromatic carbocycles. The fraction of sp³-hybridized carbons (Fsp3) is 0.350. The van der Waals surface area contributed by atoms with Gasteiger partial charge in [0, 0.05) is 12.5 Å². The maximum absolute atomic E-state index is 11.6. The normalized spacial score (nSPS) is 10.1. The molecule has 0 saturated carbocycles. The van der Waals surface area contributed by atoms with E-state index in [4.69, 9.17) is 28.4 Å². The van der Waals surface area contributed by atoms with Crippen LogP contribution in [0.4, 0.5) is 0 Å². The molecule has 7 heteroatoms. The van der Waals surface area contributed by atoms with Crippen LogP contribution in [0.25, 0.3) is 0 Å². The zero-order valence-electron chi connectivity index (χ0n) is 15.9. The summed E-state index contributed by atoms with van der Waals surface area (Å²) in [5.41, 5.74) is 0.400. The maximum Gasteiger partial charge on any atom is 0.337 e. The predicted octanol–water partition coefficient (Wildman–Crippen LogP) is 3.35. The number of esters is 1. The Morgan fingerprint density at radius 2 is 1.33 bits per heavy atom. The molecule has 27 heavy (non-hydrogen) atoms. The van der Waals surface area contributed by atoms with Crippen molar-refractivity contribution in [1.29, 1.82) is 0 Å². The third-order valence-corrected chi connectivity index (χ3v) is 3.76. The molecule has 0 atom stereocenters. The Hall–Kier alpha value is -3.09. The lowest BCUT2D eigenvalue weighted by atomic mass is 10.2. The van der Waals surface area contributed by atoms with Crippen LogP contribution >= 0.6 is 0 Å². The Balaban J connectivity index is 1.86. The second-order valence-corrected chi connectivity index (χ2v) is 5.42. The Labute approximate surface area is 158 Å². The molecule has 0 N–H and O–H groups in total. The van der Waals surface area contributed by atoms with E-state index < -0.39 is 5.97 Å². The van der Waals surface area contributed by atoms with Crippen LogP contribution in [0.1, 0.15) is 16.8 Å². The fourth-order valence-corrected chi connectivity index (χ4v) is 2.35. The smallest absolute Gasteiger partial charge is 0.337 e. The number of hydrogen-bond acceptors (Lipinski definition) is 7. The molecular weight excluding hydrogens is 352 g/mol. The first-order valence-electron chi connectivity index (χ1n) is 8.37. The summed E-state index contributed by atoms with van der Waals surface area (Å²) in [6.07, 6.45) is 0.650. The van der Waals surface area contributed by atoms with Gasteiger partial charge in [-0.1, -0.05) is 0 Å². The van der Waals surface area contributed by atoms with E-state index >= 15 is 0 Å². The van der Waals surface area contributed by atoms with Gasteiger partial charge in [-0.15, -0.1) is 0 Å². The Morgan fingerprint density at radius 3 is 1.89 bits per heavy atom. The third-order valence-electron chi connectivity index (χ3n) is 3.76. The van der Waals surface area contributed by atoms with Gasteiger partial charge in [0.1, 0.15) is 5.75 Å². The lowest BCUT2D eigenvalue weighted by molar-refractivity contribution is 0.0600. The van der Waals surface area contributed by atoms with Crippen LogP contribution in [0, 0.1) is 0 Å². The van der Waals surface area contributed by atoms with Gasteiger partial charge in [0.05, 0.1) is 47.2 Å². The monoisotopic (exact) mass is 376 g/mol. The molecule has 0 aliphatic rings. The number of methoxy groups -OCH3 is 4. The summed E-state index contributed by atoms with van der Waals surface area (Å²) in [6.45, 7) is 0.873. The molecule has 0 aliphatic carbocycles. The average Bonchev–Trinajstić information content (AvgIpc) is 2.72. The van der Waals surface area contributed by atoms with Crippen molar-refractivity contribution in [3.05, 3.63) is 42.0 Å². The van der Waals surface area contributed by atoms with Gasteiger partial charge in [0.25, 0.3) is 0 Å². The molecule has 146 valence electrons. The van der Waals surface area contributed by atoms with Gasteiger partial charge >= 0.3 is 5.97 Å². The van der Waals surface area contributed by atoms with Crippen molar-refractivity contribution in [2.24, 2.45) is 0 Å². The van der Waals surface area contributed by atoms with E-state index in [1.165, 1.54) is 14.2 Å². The number of carbonyl (C=O) groups is 1. The highest BCUT2D eigenvalue weighted by atomic mass is 16.5. The van der Waals surface area contributed by atoms with Gasteiger partial charge in [-0.3, -0.25) is 0 Å². The van der Waals surface area contributed by atoms with Crippen LogP contribution in [0.3, 0.4) is 0 Å². The van der Waals surface area contributed by atoms with Crippen molar-refractivity contribution in [2.45, 2.75) is 6.42 Å². The summed E-state index contributed by atoms with van der Waals surface area (Å²) < 4.78 is 31.9. The van der Waals surface area contributed by atoms with Crippen LogP contribution in [0.5, 0.6) is 28.7 Å². The second-order valence-electron chi connectivity index (χ2n) is 5.42. The van der Waals surface area contributed by atoms with E-state index in [1.807, 2.05) is 6.07 Å². The Bertz CT molecular complexity index is 758. The summed E-state index contributed by atoms with van der Waals surface area (Å²) in [5.74, 6) is 2.53. The van der Waals surface area contributed by atoms with Crippen molar-refractivity contribution >= 4 is 5.97 Å². The van der Waals surface area contributed by atoms with Crippen LogP contribution in [-0.4, -0.2) is 47.6 Å². The summed E-state index contributed by atoms with van der Waals surface area (Å²) in [7, 11) is 6.02. The van der Waals surface area contributed by atoms with Gasteiger partial charge in [-0.25, -0.2) is 4.79 Å². The Morgan fingerprint density at radius 1 is 0.741 bits per heavy atom. The van der Waals surface area contributed by atoms with Crippen LogP contribution in [0.15, 0.2) is 36.4 Å². The van der Waals surface area contributed by atoms with Crippen molar-refractivity contribution in [3.63, 3.8) is 0 Å². The number of ether oxygens (including phenoxy) is 6. The van der Waals surface area contributed by atoms with Gasteiger partial charge in [0.15, 0.2) is 23.0 Å². The fourth-order valence-electron chi connectivity index (χ4n) is 2.35. The van der Waals surface area contributed by atoms with Gasteiger partial charge in [-0.2, -0.15) is 0 Å². The minimum absolute atomic E-state index is 0.400. The van der Waals surface area contributed by atoms with Gasteiger partial charge < -0.3 is 28.4 Å². The molecule has 0 aromatic heterocycles. The Kier molecular flexibility index (Phi) is 7.61. The molecule has 0 radical (unpaired) electrons. The quantitative estimate of drug-likeness (QED) is 0.465. The SMILES string of the molecule is COC(=O)c1ccc(OCCCOc2ccc(OC)cc2OC)c(OC)c1. The summed E-state index contributed by atoms with van der Waals surface area (Å²) in [6, 6.07) is 10.3. The van der Waals surface area contributed by atoms with E-state index in [1.54, 1.807) is 44.6 Å². The third kappa shape index (κ3) is 5.44. The average molecular weight is 376 g/mol. The van der Waals surface area contributed by atoms with Crippen molar-refractivity contribution in [2.75, 3.05) is 41.7 Å². The molecule has 0 fully saturated rings. The standard InChI is InChI=1S/C20H24O7/c1-22-15-7-9-17(19(13-15)24-3)27-11-5-10-26-16-8-6-14(20(21)25-4)12-18(16)23-2/h6-9,12-13H,5,10-11H2,1-4H3. The van der Waals surface area contributed by atoms with Crippen LogP contribution in [0.2, 0.25) is 0 Å². The predicted molar refractivity (Wildman–Crippen MR) is 99.5 cm³/mol. The summed E-state index contributed by atoms with van der Waals surface area (Å²) in [5, 5.41) is 0.